The first-order chi connectivity index (χ1) is 11.7. The molecule has 1 heterocycles. The van der Waals surface area contributed by atoms with Crippen molar-refractivity contribution in [2.75, 3.05) is 5.75 Å². The zero-order valence-corrected chi connectivity index (χ0v) is 14.6. The lowest BCUT2D eigenvalue weighted by Crippen LogP contribution is -2.14. The Kier molecular flexibility index (Phi) is 5.72. The van der Waals surface area contributed by atoms with Crippen LogP contribution >= 0.6 is 23.1 Å². The third-order valence-electron chi connectivity index (χ3n) is 3.04. The lowest BCUT2D eigenvalue weighted by molar-refractivity contribution is 0.246. The second-order valence-electron chi connectivity index (χ2n) is 5.07. The Hall–Kier alpha value is -2.05. The molecule has 3 nitrogen and oxygen atoms in total. The molecule has 6 heteroatoms. The van der Waals surface area contributed by atoms with Crippen molar-refractivity contribution in [3.05, 3.63) is 65.9 Å². The molecule has 3 rings (SSSR count). The molecule has 0 bridgehead atoms. The molecule has 1 atom stereocenters. The summed E-state index contributed by atoms with van der Waals surface area (Å²) in [6.45, 7) is 2.03. The summed E-state index contributed by atoms with van der Waals surface area (Å²) in [6, 6.07) is 13.4. The minimum Gasteiger partial charge on any atom is -0.490 e. The maximum atomic E-state index is 13.1. The number of benzene rings is 2. The van der Waals surface area contributed by atoms with E-state index in [1.54, 1.807) is 53.6 Å². The molecule has 0 aliphatic rings. The van der Waals surface area contributed by atoms with E-state index in [-0.39, 0.29) is 11.9 Å². The van der Waals surface area contributed by atoms with Crippen LogP contribution in [0.1, 0.15) is 6.92 Å². The quantitative estimate of drug-likeness (QED) is 0.510. The molecule has 0 radical (unpaired) electrons. The average molecular weight is 361 g/mol. The van der Waals surface area contributed by atoms with Crippen molar-refractivity contribution >= 4 is 23.1 Å². The van der Waals surface area contributed by atoms with E-state index in [2.05, 4.69) is 4.98 Å². The van der Waals surface area contributed by atoms with Crippen LogP contribution < -0.4 is 9.47 Å². The van der Waals surface area contributed by atoms with E-state index < -0.39 is 0 Å². The summed E-state index contributed by atoms with van der Waals surface area (Å²) in [5, 5.41) is 1.96. The Balaban J connectivity index is 1.52. The van der Waals surface area contributed by atoms with Crippen LogP contribution in [0, 0.1) is 5.82 Å². The summed E-state index contributed by atoms with van der Waals surface area (Å²) in [5.41, 5.74) is 0. The van der Waals surface area contributed by atoms with Gasteiger partial charge in [-0.05, 0) is 43.3 Å². The van der Waals surface area contributed by atoms with Crippen LogP contribution in [0.5, 0.6) is 17.2 Å². The lowest BCUT2D eigenvalue weighted by Gasteiger charge is -2.14. The molecule has 3 aromatic rings. The molecular formula is C18H16FNO2S2. The lowest BCUT2D eigenvalue weighted by atomic mass is 10.3. The molecule has 0 saturated heterocycles. The topological polar surface area (TPSA) is 31.4 Å². The van der Waals surface area contributed by atoms with Crippen molar-refractivity contribution in [1.82, 2.24) is 4.98 Å². The summed E-state index contributed by atoms with van der Waals surface area (Å²) < 4.78 is 25.7. The van der Waals surface area contributed by atoms with Gasteiger partial charge in [0, 0.05) is 23.4 Å². The second-order valence-corrected chi connectivity index (χ2v) is 7.23. The molecule has 0 aliphatic heterocycles. The highest BCUT2D eigenvalue weighted by Crippen LogP contribution is 2.26. The van der Waals surface area contributed by atoms with Gasteiger partial charge in [-0.15, -0.1) is 11.3 Å². The highest BCUT2D eigenvalue weighted by Gasteiger charge is 2.07. The molecule has 0 fully saturated rings. The van der Waals surface area contributed by atoms with Crippen LogP contribution in [0.15, 0.2) is 64.4 Å². The number of thiazole rings is 1. The van der Waals surface area contributed by atoms with E-state index in [0.29, 0.717) is 11.5 Å². The number of aromatic nitrogens is 1. The van der Waals surface area contributed by atoms with E-state index in [9.17, 15) is 4.39 Å². The fourth-order valence-electron chi connectivity index (χ4n) is 1.99. The van der Waals surface area contributed by atoms with Gasteiger partial charge in [0.05, 0.1) is 0 Å². The Labute approximate surface area is 148 Å². The largest absolute Gasteiger partial charge is 0.490 e. The maximum Gasteiger partial charge on any atom is 0.149 e. The molecule has 1 aromatic heterocycles. The van der Waals surface area contributed by atoms with Crippen molar-refractivity contribution < 1.29 is 13.9 Å². The van der Waals surface area contributed by atoms with Crippen LogP contribution in [0.4, 0.5) is 4.39 Å². The zero-order chi connectivity index (χ0) is 16.8. The number of hydrogen-bond donors (Lipinski definition) is 0. The van der Waals surface area contributed by atoms with E-state index in [1.807, 2.05) is 24.4 Å². The van der Waals surface area contributed by atoms with E-state index in [0.717, 1.165) is 15.8 Å². The third-order valence-corrected chi connectivity index (χ3v) is 5.24. The molecule has 0 aliphatic carbocycles. The van der Waals surface area contributed by atoms with Crippen LogP contribution in [-0.4, -0.2) is 16.8 Å². The first kappa shape index (κ1) is 16.8. The van der Waals surface area contributed by atoms with Crippen molar-refractivity contribution in [3.63, 3.8) is 0 Å². The highest BCUT2D eigenvalue weighted by molar-refractivity contribution is 8.01. The summed E-state index contributed by atoms with van der Waals surface area (Å²) in [5.74, 6) is 2.39. The average Bonchev–Trinajstić information content (AvgIpc) is 3.08. The normalized spacial score (nSPS) is 11.9. The van der Waals surface area contributed by atoms with Crippen molar-refractivity contribution in [1.29, 1.82) is 0 Å². The number of halogens is 1. The molecular weight excluding hydrogens is 345 g/mol. The van der Waals surface area contributed by atoms with Gasteiger partial charge in [-0.3, -0.25) is 0 Å². The Morgan fingerprint density at radius 3 is 2.62 bits per heavy atom. The van der Waals surface area contributed by atoms with Crippen molar-refractivity contribution in [3.8, 4) is 17.2 Å². The van der Waals surface area contributed by atoms with Gasteiger partial charge in [-0.2, -0.15) is 0 Å². The van der Waals surface area contributed by atoms with Crippen LogP contribution in [0.25, 0.3) is 0 Å². The van der Waals surface area contributed by atoms with Gasteiger partial charge in [-0.1, -0.05) is 17.8 Å². The monoisotopic (exact) mass is 361 g/mol. The smallest absolute Gasteiger partial charge is 0.149 e. The first-order valence-corrected chi connectivity index (χ1v) is 9.28. The van der Waals surface area contributed by atoms with Crippen LogP contribution in [-0.2, 0) is 0 Å². The summed E-state index contributed by atoms with van der Waals surface area (Å²) in [7, 11) is 0. The zero-order valence-electron chi connectivity index (χ0n) is 13.0. The van der Waals surface area contributed by atoms with Crippen molar-refractivity contribution in [2.24, 2.45) is 0 Å². The molecule has 124 valence electrons. The molecule has 0 saturated carbocycles. The fourth-order valence-corrected chi connectivity index (χ4v) is 3.57. The minimum absolute atomic E-state index is 0.0638. The van der Waals surface area contributed by atoms with Gasteiger partial charge in [0.15, 0.2) is 0 Å². The molecule has 0 N–H and O–H groups in total. The molecule has 0 spiro atoms. The first-order valence-electron chi connectivity index (χ1n) is 7.41. The van der Waals surface area contributed by atoms with Gasteiger partial charge in [0.2, 0.25) is 0 Å². The number of hydrogen-bond acceptors (Lipinski definition) is 5. The predicted octanol–water partition coefficient (Wildman–Crippen LogP) is 5.63. The third kappa shape index (κ3) is 4.97. The SMILES string of the molecule is CC(CSc1nccs1)Oc1ccc(Oc2cccc(F)c2)cc1. The van der Waals surface area contributed by atoms with Gasteiger partial charge in [0.25, 0.3) is 0 Å². The van der Waals surface area contributed by atoms with Crippen LogP contribution in [0.2, 0.25) is 0 Å². The fraction of sp³-hybridized carbons (Fsp3) is 0.167. The minimum atomic E-state index is -0.320. The van der Waals surface area contributed by atoms with E-state index in [1.165, 1.54) is 12.1 Å². The molecule has 2 aromatic carbocycles. The second kappa shape index (κ2) is 8.17. The van der Waals surface area contributed by atoms with E-state index in [4.69, 9.17) is 9.47 Å². The van der Waals surface area contributed by atoms with E-state index >= 15 is 0 Å². The standard InChI is InChI=1S/C18H16FNO2S2/c1-13(12-24-18-20-9-10-23-18)21-15-5-7-16(8-6-15)22-17-4-2-3-14(19)11-17/h2-11,13H,12H2,1H3. The highest BCUT2D eigenvalue weighted by atomic mass is 32.2. The summed E-state index contributed by atoms with van der Waals surface area (Å²) in [6.07, 6.45) is 1.87. The number of nitrogens with zero attached hydrogens (tertiary/aromatic N) is 1. The van der Waals surface area contributed by atoms with Gasteiger partial charge in [-0.25, -0.2) is 9.37 Å². The number of rotatable bonds is 7. The summed E-state index contributed by atoms with van der Waals surface area (Å²) >= 11 is 3.31. The van der Waals surface area contributed by atoms with Gasteiger partial charge < -0.3 is 9.47 Å². The van der Waals surface area contributed by atoms with Gasteiger partial charge in [0.1, 0.15) is 33.5 Å². The maximum absolute atomic E-state index is 13.1. The molecule has 1 unspecified atom stereocenters. The van der Waals surface area contributed by atoms with Crippen LogP contribution in [0.3, 0.4) is 0 Å². The predicted molar refractivity (Wildman–Crippen MR) is 95.8 cm³/mol. The van der Waals surface area contributed by atoms with Crippen molar-refractivity contribution in [2.45, 2.75) is 17.4 Å². The van der Waals surface area contributed by atoms with Gasteiger partial charge >= 0.3 is 0 Å². The summed E-state index contributed by atoms with van der Waals surface area (Å²) in [4.78, 5) is 4.24. The Morgan fingerprint density at radius 1 is 1.12 bits per heavy atom. The number of ether oxygens (including phenoxy) is 2. The Bertz CT molecular complexity index is 763. The molecule has 24 heavy (non-hydrogen) atoms. The number of thioether (sulfide) groups is 1. The Morgan fingerprint density at radius 2 is 1.92 bits per heavy atom. The molecule has 0 amide bonds.